The average Bonchev–Trinajstić information content (AvgIpc) is 3.04. The fraction of sp³-hybridized carbons (Fsp3) is 0.0244. The summed E-state index contributed by atoms with van der Waals surface area (Å²) in [5, 5.41) is 10.4. The standard InChI is InChI=1S/C41H28/c1-27-10-8-13-31(24-27)34-22-20-28-11-2-3-15-33(28)41(34)32-14-9-12-29(25-32)30-21-23-39-37-18-5-4-16-35(37)36-17-6-7-19-38(36)40(39)26-30/h2-26H,1H3. The van der Waals surface area contributed by atoms with E-state index in [0.717, 1.165) is 0 Å². The van der Waals surface area contributed by atoms with Crippen molar-refractivity contribution in [2.75, 3.05) is 0 Å². The van der Waals surface area contributed by atoms with E-state index in [1.807, 2.05) is 0 Å². The second kappa shape index (κ2) is 9.47. The third kappa shape index (κ3) is 3.91. The molecule has 8 aromatic rings. The lowest BCUT2D eigenvalue weighted by Gasteiger charge is -2.16. The van der Waals surface area contributed by atoms with Gasteiger partial charge in [-0.25, -0.2) is 0 Å². The van der Waals surface area contributed by atoms with Crippen LogP contribution < -0.4 is 0 Å². The predicted octanol–water partition coefficient (Wildman–Crippen LogP) is 11.6. The topological polar surface area (TPSA) is 0 Å². The molecule has 192 valence electrons. The van der Waals surface area contributed by atoms with Crippen molar-refractivity contribution in [1.29, 1.82) is 0 Å². The van der Waals surface area contributed by atoms with Crippen molar-refractivity contribution in [3.63, 3.8) is 0 Å². The van der Waals surface area contributed by atoms with Crippen LogP contribution in [-0.2, 0) is 0 Å². The van der Waals surface area contributed by atoms with Crippen molar-refractivity contribution in [2.24, 2.45) is 0 Å². The van der Waals surface area contributed by atoms with E-state index in [1.165, 1.54) is 82.0 Å². The third-order valence-corrected chi connectivity index (χ3v) is 8.49. The summed E-state index contributed by atoms with van der Waals surface area (Å²) >= 11 is 0. The predicted molar refractivity (Wildman–Crippen MR) is 178 cm³/mol. The SMILES string of the molecule is Cc1cccc(-c2ccc3ccccc3c2-c2cccc(-c3ccc4c5ccccc5c5ccccc5c4c3)c2)c1. The second-order valence-corrected chi connectivity index (χ2v) is 11.0. The molecule has 0 aliphatic rings. The van der Waals surface area contributed by atoms with Gasteiger partial charge in [0.2, 0.25) is 0 Å². The molecule has 0 aromatic heterocycles. The Balaban J connectivity index is 1.36. The lowest BCUT2D eigenvalue weighted by molar-refractivity contribution is 1.47. The summed E-state index contributed by atoms with van der Waals surface area (Å²) in [4.78, 5) is 0. The van der Waals surface area contributed by atoms with Gasteiger partial charge < -0.3 is 0 Å². The maximum Gasteiger partial charge on any atom is -0.00266 e. The van der Waals surface area contributed by atoms with E-state index in [-0.39, 0.29) is 0 Å². The van der Waals surface area contributed by atoms with Gasteiger partial charge in [0.05, 0.1) is 0 Å². The summed E-state index contributed by atoms with van der Waals surface area (Å²) in [5.74, 6) is 0. The van der Waals surface area contributed by atoms with Crippen LogP contribution in [0, 0.1) is 6.92 Å². The first kappa shape index (κ1) is 23.7. The highest BCUT2D eigenvalue weighted by Gasteiger charge is 2.14. The Morgan fingerprint density at radius 3 is 1.61 bits per heavy atom. The van der Waals surface area contributed by atoms with E-state index in [4.69, 9.17) is 0 Å². The number of rotatable bonds is 3. The van der Waals surface area contributed by atoms with Crippen molar-refractivity contribution in [1.82, 2.24) is 0 Å². The van der Waals surface area contributed by atoms with Gasteiger partial charge in [0.1, 0.15) is 0 Å². The molecule has 8 rings (SSSR count). The number of hydrogen-bond donors (Lipinski definition) is 0. The Labute approximate surface area is 240 Å². The molecule has 0 fully saturated rings. The molecule has 8 aromatic carbocycles. The van der Waals surface area contributed by atoms with Crippen LogP contribution in [0.5, 0.6) is 0 Å². The van der Waals surface area contributed by atoms with E-state index < -0.39 is 0 Å². The van der Waals surface area contributed by atoms with Crippen LogP contribution in [0.1, 0.15) is 5.56 Å². The first-order valence-corrected chi connectivity index (χ1v) is 14.3. The Hall–Kier alpha value is -5.20. The van der Waals surface area contributed by atoms with Crippen LogP contribution >= 0.6 is 0 Å². The normalized spacial score (nSPS) is 11.5. The van der Waals surface area contributed by atoms with Crippen molar-refractivity contribution in [2.45, 2.75) is 6.92 Å². The second-order valence-electron chi connectivity index (χ2n) is 11.0. The monoisotopic (exact) mass is 520 g/mol. The van der Waals surface area contributed by atoms with Gasteiger partial charge in [0.15, 0.2) is 0 Å². The molecular formula is C41H28. The van der Waals surface area contributed by atoms with Crippen LogP contribution in [0.4, 0.5) is 0 Å². The zero-order valence-electron chi connectivity index (χ0n) is 22.9. The van der Waals surface area contributed by atoms with Crippen LogP contribution in [-0.4, -0.2) is 0 Å². The zero-order chi connectivity index (χ0) is 27.3. The first-order chi connectivity index (χ1) is 20.2. The van der Waals surface area contributed by atoms with Gasteiger partial charge in [-0.05, 0) is 95.5 Å². The highest BCUT2D eigenvalue weighted by molar-refractivity contribution is 6.25. The number of fused-ring (bicyclic) bond motifs is 7. The van der Waals surface area contributed by atoms with Crippen molar-refractivity contribution < 1.29 is 0 Å². The molecule has 0 bridgehead atoms. The quantitative estimate of drug-likeness (QED) is 0.203. The fourth-order valence-electron chi connectivity index (χ4n) is 6.58. The van der Waals surface area contributed by atoms with Crippen molar-refractivity contribution >= 4 is 43.1 Å². The van der Waals surface area contributed by atoms with Crippen LogP contribution in [0.15, 0.2) is 152 Å². The minimum absolute atomic E-state index is 1.23. The third-order valence-electron chi connectivity index (χ3n) is 8.49. The molecule has 0 radical (unpaired) electrons. The van der Waals surface area contributed by atoms with Gasteiger partial charge in [-0.15, -0.1) is 0 Å². The summed E-state index contributed by atoms with van der Waals surface area (Å²) in [6.45, 7) is 2.16. The van der Waals surface area contributed by atoms with Gasteiger partial charge >= 0.3 is 0 Å². The van der Waals surface area contributed by atoms with Crippen LogP contribution in [0.2, 0.25) is 0 Å². The van der Waals surface area contributed by atoms with Crippen LogP contribution in [0.3, 0.4) is 0 Å². The molecule has 0 heterocycles. The molecule has 0 aliphatic carbocycles. The Morgan fingerprint density at radius 2 is 0.878 bits per heavy atom. The van der Waals surface area contributed by atoms with Gasteiger partial charge in [0, 0.05) is 0 Å². The molecule has 0 N–H and O–H groups in total. The summed E-state index contributed by atoms with van der Waals surface area (Å²) in [5.41, 5.74) is 8.76. The van der Waals surface area contributed by atoms with Gasteiger partial charge in [0.25, 0.3) is 0 Å². The van der Waals surface area contributed by atoms with E-state index in [0.29, 0.717) is 0 Å². The molecule has 0 saturated heterocycles. The maximum atomic E-state index is 2.38. The number of hydrogen-bond acceptors (Lipinski definition) is 0. The zero-order valence-corrected chi connectivity index (χ0v) is 22.9. The lowest BCUT2D eigenvalue weighted by atomic mass is 9.87. The van der Waals surface area contributed by atoms with E-state index in [1.54, 1.807) is 0 Å². The molecule has 0 saturated carbocycles. The van der Waals surface area contributed by atoms with Gasteiger partial charge in [-0.1, -0.05) is 145 Å². The summed E-state index contributed by atoms with van der Waals surface area (Å²) in [7, 11) is 0. The minimum Gasteiger partial charge on any atom is -0.0616 e. The van der Waals surface area contributed by atoms with Gasteiger partial charge in [-0.2, -0.15) is 0 Å². The van der Waals surface area contributed by atoms with Crippen molar-refractivity contribution in [3.05, 3.63) is 157 Å². The molecular weight excluding hydrogens is 492 g/mol. The summed E-state index contributed by atoms with van der Waals surface area (Å²) in [6, 6.07) is 55.7. The summed E-state index contributed by atoms with van der Waals surface area (Å²) in [6.07, 6.45) is 0. The number of benzene rings is 8. The summed E-state index contributed by atoms with van der Waals surface area (Å²) < 4.78 is 0. The molecule has 0 nitrogen and oxygen atoms in total. The molecule has 0 aliphatic heterocycles. The molecule has 0 heteroatoms. The van der Waals surface area contributed by atoms with Crippen molar-refractivity contribution in [3.8, 4) is 33.4 Å². The Morgan fingerprint density at radius 1 is 0.317 bits per heavy atom. The van der Waals surface area contributed by atoms with E-state index >= 15 is 0 Å². The first-order valence-electron chi connectivity index (χ1n) is 14.3. The fourth-order valence-corrected chi connectivity index (χ4v) is 6.58. The maximum absolute atomic E-state index is 2.38. The Bertz CT molecular complexity index is 2230. The molecule has 41 heavy (non-hydrogen) atoms. The Kier molecular flexibility index (Phi) is 5.47. The van der Waals surface area contributed by atoms with Crippen LogP contribution in [0.25, 0.3) is 76.5 Å². The van der Waals surface area contributed by atoms with Gasteiger partial charge in [-0.3, -0.25) is 0 Å². The molecule has 0 amide bonds. The lowest BCUT2D eigenvalue weighted by Crippen LogP contribution is -1.90. The highest BCUT2D eigenvalue weighted by Crippen LogP contribution is 2.41. The highest BCUT2D eigenvalue weighted by atomic mass is 14.2. The average molecular weight is 521 g/mol. The smallest absolute Gasteiger partial charge is 0.00266 e. The largest absolute Gasteiger partial charge is 0.0616 e. The molecule has 0 atom stereocenters. The molecule has 0 unspecified atom stereocenters. The number of aryl methyl sites for hydroxylation is 1. The van der Waals surface area contributed by atoms with E-state index in [9.17, 15) is 0 Å². The molecule has 0 spiro atoms. The minimum atomic E-state index is 1.23. The van der Waals surface area contributed by atoms with E-state index in [2.05, 4.69) is 159 Å².